The van der Waals surface area contributed by atoms with Crippen LogP contribution < -0.4 is 16.6 Å². The summed E-state index contributed by atoms with van der Waals surface area (Å²) >= 11 is 0. The highest BCUT2D eigenvalue weighted by Crippen LogP contribution is 2.30. The number of rotatable bonds is 4. The van der Waals surface area contributed by atoms with Gasteiger partial charge in [-0.25, -0.2) is 15.8 Å². The molecule has 0 spiro atoms. The van der Waals surface area contributed by atoms with Gasteiger partial charge < -0.3 is 10.7 Å². The van der Waals surface area contributed by atoms with E-state index in [4.69, 9.17) is 11.1 Å². The Labute approximate surface area is 113 Å². The molecule has 0 aliphatic carbocycles. The maximum atomic E-state index is 11.0. The zero-order chi connectivity index (χ0) is 14.5. The normalized spacial score (nSPS) is 9.60. The minimum atomic E-state index is -0.638. The predicted octanol–water partition coefficient (Wildman–Crippen LogP) is 1.29. The molecule has 0 atom stereocenters. The zero-order valence-electron chi connectivity index (χ0n) is 10.1. The lowest BCUT2D eigenvalue weighted by Crippen LogP contribution is -2.12. The molecule has 0 unspecified atom stereocenters. The topological polar surface area (TPSA) is 143 Å². The lowest BCUT2D eigenvalue weighted by Gasteiger charge is -2.07. The molecule has 0 fully saturated rings. The Morgan fingerprint density at radius 1 is 1.25 bits per heavy atom. The molecule has 9 heteroatoms. The highest BCUT2D eigenvalue weighted by molar-refractivity contribution is 5.73. The first kappa shape index (κ1) is 13.2. The van der Waals surface area contributed by atoms with Crippen molar-refractivity contribution < 1.29 is 4.92 Å². The second-order valence-corrected chi connectivity index (χ2v) is 3.64. The van der Waals surface area contributed by atoms with Gasteiger partial charge in [-0.15, -0.1) is 0 Å². The van der Waals surface area contributed by atoms with Crippen LogP contribution in [0.3, 0.4) is 0 Å². The van der Waals surface area contributed by atoms with E-state index in [1.807, 2.05) is 6.07 Å². The molecule has 0 bridgehead atoms. The minimum Gasteiger partial charge on any atom is -0.334 e. The van der Waals surface area contributed by atoms with Crippen molar-refractivity contribution in [1.82, 2.24) is 9.97 Å². The molecule has 0 aliphatic heterocycles. The number of anilines is 3. The molecule has 1 aromatic carbocycles. The van der Waals surface area contributed by atoms with Gasteiger partial charge in [-0.05, 0) is 24.3 Å². The van der Waals surface area contributed by atoms with E-state index in [0.717, 1.165) is 6.33 Å². The molecule has 1 aromatic heterocycles. The van der Waals surface area contributed by atoms with Crippen LogP contribution in [-0.2, 0) is 0 Å². The van der Waals surface area contributed by atoms with E-state index in [-0.39, 0.29) is 17.3 Å². The molecule has 2 aromatic rings. The predicted molar refractivity (Wildman–Crippen MR) is 70.9 cm³/mol. The summed E-state index contributed by atoms with van der Waals surface area (Å²) in [4.78, 5) is 17.9. The van der Waals surface area contributed by atoms with Crippen LogP contribution in [0, 0.1) is 21.4 Å². The monoisotopic (exact) mass is 271 g/mol. The molecule has 0 saturated heterocycles. The maximum Gasteiger partial charge on any atom is 0.354 e. The van der Waals surface area contributed by atoms with Crippen LogP contribution in [0.5, 0.6) is 0 Å². The molecule has 0 aliphatic rings. The first-order valence-corrected chi connectivity index (χ1v) is 5.39. The third-order valence-electron chi connectivity index (χ3n) is 2.42. The molecule has 100 valence electrons. The number of nitrogens with two attached hydrogens (primary N) is 1. The van der Waals surface area contributed by atoms with Gasteiger partial charge in [-0.3, -0.25) is 10.1 Å². The van der Waals surface area contributed by atoms with E-state index in [9.17, 15) is 10.1 Å². The maximum absolute atomic E-state index is 11.0. The number of nitriles is 1. The van der Waals surface area contributed by atoms with Crippen molar-refractivity contribution in [1.29, 1.82) is 5.26 Å². The van der Waals surface area contributed by atoms with Crippen molar-refractivity contribution in [3.63, 3.8) is 0 Å². The van der Waals surface area contributed by atoms with E-state index in [2.05, 4.69) is 20.7 Å². The van der Waals surface area contributed by atoms with E-state index >= 15 is 0 Å². The molecule has 2 rings (SSSR count). The fraction of sp³-hybridized carbons (Fsp3) is 0. The van der Waals surface area contributed by atoms with Crippen molar-refractivity contribution >= 4 is 23.0 Å². The zero-order valence-corrected chi connectivity index (χ0v) is 10.1. The lowest BCUT2D eigenvalue weighted by molar-refractivity contribution is -0.383. The second kappa shape index (κ2) is 5.59. The van der Waals surface area contributed by atoms with Crippen molar-refractivity contribution in [2.24, 2.45) is 5.84 Å². The Morgan fingerprint density at radius 2 is 1.90 bits per heavy atom. The third-order valence-corrected chi connectivity index (χ3v) is 2.42. The second-order valence-electron chi connectivity index (χ2n) is 3.64. The van der Waals surface area contributed by atoms with Gasteiger partial charge in [0.15, 0.2) is 0 Å². The first-order chi connectivity index (χ1) is 9.65. The van der Waals surface area contributed by atoms with Gasteiger partial charge in [-0.1, -0.05) is 0 Å². The van der Waals surface area contributed by atoms with Gasteiger partial charge >= 0.3 is 5.69 Å². The Morgan fingerprint density at radius 3 is 2.45 bits per heavy atom. The van der Waals surface area contributed by atoms with Gasteiger partial charge in [0, 0.05) is 5.69 Å². The van der Waals surface area contributed by atoms with Gasteiger partial charge in [-0.2, -0.15) is 5.26 Å². The van der Waals surface area contributed by atoms with E-state index in [1.54, 1.807) is 24.3 Å². The fourth-order valence-electron chi connectivity index (χ4n) is 1.51. The van der Waals surface area contributed by atoms with Crippen molar-refractivity contribution in [3.05, 3.63) is 46.3 Å². The molecule has 0 amide bonds. The number of hydrogen-bond donors (Lipinski definition) is 3. The summed E-state index contributed by atoms with van der Waals surface area (Å²) in [6, 6.07) is 8.36. The summed E-state index contributed by atoms with van der Waals surface area (Å²) in [6.07, 6.45) is 1.15. The summed E-state index contributed by atoms with van der Waals surface area (Å²) in [5.41, 5.74) is 2.82. The summed E-state index contributed by atoms with van der Waals surface area (Å²) < 4.78 is 0. The van der Waals surface area contributed by atoms with E-state index in [1.165, 1.54) is 0 Å². The third kappa shape index (κ3) is 2.60. The van der Waals surface area contributed by atoms with E-state index in [0.29, 0.717) is 11.3 Å². The van der Waals surface area contributed by atoms with Gasteiger partial charge in [0.05, 0.1) is 16.6 Å². The fourth-order valence-corrected chi connectivity index (χ4v) is 1.51. The van der Waals surface area contributed by atoms with Crippen molar-refractivity contribution in [2.45, 2.75) is 0 Å². The van der Waals surface area contributed by atoms with Crippen LogP contribution in [0.15, 0.2) is 30.6 Å². The van der Waals surface area contributed by atoms with Crippen LogP contribution in [0.1, 0.15) is 5.56 Å². The van der Waals surface area contributed by atoms with Crippen LogP contribution in [0.25, 0.3) is 0 Å². The number of nitrogens with one attached hydrogen (secondary N) is 2. The summed E-state index contributed by atoms with van der Waals surface area (Å²) in [5, 5.41) is 22.5. The number of aromatic nitrogens is 2. The Bertz CT molecular complexity index is 678. The number of hydrogen-bond acceptors (Lipinski definition) is 8. The Hall–Kier alpha value is -3.25. The highest BCUT2D eigenvalue weighted by atomic mass is 16.6. The molecule has 4 N–H and O–H groups in total. The van der Waals surface area contributed by atoms with Gasteiger partial charge in [0.25, 0.3) is 0 Å². The Kier molecular flexibility index (Phi) is 3.69. The molecular weight excluding hydrogens is 262 g/mol. The standard InChI is InChI=1S/C11H9N7O2/c12-5-7-1-3-8(4-2-7)16-10-9(18(19)20)11(17-13)15-6-14-10/h1-4,6H,13H2,(H2,14,15,16,17). The molecular formula is C11H9N7O2. The molecule has 0 radical (unpaired) electrons. The average Bonchev–Trinajstić information content (AvgIpc) is 2.47. The van der Waals surface area contributed by atoms with Gasteiger partial charge in [0.2, 0.25) is 11.6 Å². The number of hydrazine groups is 1. The van der Waals surface area contributed by atoms with Gasteiger partial charge in [0.1, 0.15) is 6.33 Å². The van der Waals surface area contributed by atoms with Crippen molar-refractivity contribution in [2.75, 3.05) is 10.7 Å². The van der Waals surface area contributed by atoms with E-state index < -0.39 is 4.92 Å². The number of benzene rings is 1. The summed E-state index contributed by atoms with van der Waals surface area (Å²) in [5.74, 6) is 5.09. The number of nitrogens with zero attached hydrogens (tertiary/aromatic N) is 4. The van der Waals surface area contributed by atoms with Crippen LogP contribution in [0.2, 0.25) is 0 Å². The first-order valence-electron chi connectivity index (χ1n) is 5.39. The summed E-state index contributed by atoms with van der Waals surface area (Å²) in [6.45, 7) is 0. The van der Waals surface area contributed by atoms with Crippen LogP contribution in [0.4, 0.5) is 23.0 Å². The quantitative estimate of drug-likeness (QED) is 0.428. The lowest BCUT2D eigenvalue weighted by atomic mass is 10.2. The molecule has 20 heavy (non-hydrogen) atoms. The van der Waals surface area contributed by atoms with Crippen LogP contribution in [-0.4, -0.2) is 14.9 Å². The van der Waals surface area contributed by atoms with Crippen molar-refractivity contribution in [3.8, 4) is 6.07 Å². The largest absolute Gasteiger partial charge is 0.354 e. The SMILES string of the molecule is N#Cc1ccc(Nc2ncnc(NN)c2[N+](=O)[O-])cc1. The number of nitrogen functional groups attached to an aromatic ring is 1. The Balaban J connectivity index is 2.37. The average molecular weight is 271 g/mol. The number of nitro groups is 1. The smallest absolute Gasteiger partial charge is 0.334 e. The molecule has 0 saturated carbocycles. The summed E-state index contributed by atoms with van der Waals surface area (Å²) in [7, 11) is 0. The minimum absolute atomic E-state index is 0.00246. The molecule has 1 heterocycles. The molecule has 9 nitrogen and oxygen atoms in total. The highest BCUT2D eigenvalue weighted by Gasteiger charge is 2.22. The van der Waals surface area contributed by atoms with Crippen LogP contribution >= 0.6 is 0 Å².